The summed E-state index contributed by atoms with van der Waals surface area (Å²) in [6.45, 7) is 2.39. The van der Waals surface area contributed by atoms with E-state index in [9.17, 15) is 4.79 Å². The zero-order chi connectivity index (χ0) is 18.8. The van der Waals surface area contributed by atoms with Crippen LogP contribution in [0.5, 0.6) is 0 Å². The molecule has 4 N–H and O–H groups in total. The number of aryl methyl sites for hydroxylation is 1. The third kappa shape index (κ3) is 3.56. The lowest BCUT2D eigenvalue weighted by atomic mass is 10.1. The molecule has 4 rings (SSSR count). The molecular formula is C18H17N7O2. The zero-order valence-corrected chi connectivity index (χ0v) is 14.5. The van der Waals surface area contributed by atoms with Crippen molar-refractivity contribution in [3.63, 3.8) is 0 Å². The number of hydrogen-bond acceptors (Lipinski definition) is 6. The molecule has 3 heterocycles. The molecule has 27 heavy (non-hydrogen) atoms. The number of carboxylic acid groups (broad SMARTS) is 1. The van der Waals surface area contributed by atoms with Crippen molar-refractivity contribution >= 4 is 29.1 Å². The SMILES string of the molecule is Cc1cc(Nc2nc(NCc3ccc(C(=O)O)cc3)nn3cccc23)n[nH]1. The summed E-state index contributed by atoms with van der Waals surface area (Å²) in [5.41, 5.74) is 2.95. The average Bonchev–Trinajstić information content (AvgIpc) is 3.29. The van der Waals surface area contributed by atoms with Crippen molar-refractivity contribution in [3.05, 3.63) is 65.5 Å². The number of anilines is 3. The summed E-state index contributed by atoms with van der Waals surface area (Å²) in [7, 11) is 0. The number of nitrogens with zero attached hydrogens (tertiary/aromatic N) is 4. The van der Waals surface area contributed by atoms with Gasteiger partial charge in [-0.25, -0.2) is 9.31 Å². The Labute approximate surface area is 154 Å². The fraction of sp³-hybridized carbons (Fsp3) is 0.111. The van der Waals surface area contributed by atoms with Gasteiger partial charge in [0.15, 0.2) is 11.6 Å². The maximum atomic E-state index is 10.9. The molecule has 0 unspecified atom stereocenters. The molecule has 0 saturated heterocycles. The van der Waals surface area contributed by atoms with Crippen molar-refractivity contribution in [2.75, 3.05) is 10.6 Å². The molecule has 136 valence electrons. The Hall–Kier alpha value is -3.88. The smallest absolute Gasteiger partial charge is 0.335 e. The zero-order valence-electron chi connectivity index (χ0n) is 14.5. The highest BCUT2D eigenvalue weighted by Crippen LogP contribution is 2.20. The summed E-state index contributed by atoms with van der Waals surface area (Å²) in [5, 5.41) is 26.8. The Morgan fingerprint density at radius 1 is 1.26 bits per heavy atom. The number of rotatable bonds is 6. The van der Waals surface area contributed by atoms with E-state index in [1.54, 1.807) is 28.8 Å². The second-order valence-corrected chi connectivity index (χ2v) is 6.04. The van der Waals surface area contributed by atoms with E-state index in [0.717, 1.165) is 16.8 Å². The Morgan fingerprint density at radius 3 is 2.78 bits per heavy atom. The summed E-state index contributed by atoms with van der Waals surface area (Å²) in [6.07, 6.45) is 1.84. The van der Waals surface area contributed by atoms with E-state index in [1.165, 1.54) is 0 Å². The van der Waals surface area contributed by atoms with Crippen LogP contribution in [0.2, 0.25) is 0 Å². The maximum absolute atomic E-state index is 10.9. The summed E-state index contributed by atoms with van der Waals surface area (Å²) in [6, 6.07) is 12.4. The lowest BCUT2D eigenvalue weighted by Crippen LogP contribution is -2.09. The first-order valence-corrected chi connectivity index (χ1v) is 8.29. The normalized spacial score (nSPS) is 10.9. The predicted octanol–water partition coefficient (Wildman–Crippen LogP) is 2.81. The highest BCUT2D eigenvalue weighted by molar-refractivity contribution is 5.87. The number of carbonyl (C=O) groups is 1. The van der Waals surface area contributed by atoms with Crippen LogP contribution in [0, 0.1) is 6.92 Å². The molecule has 0 saturated carbocycles. The molecule has 9 nitrogen and oxygen atoms in total. The van der Waals surface area contributed by atoms with E-state index in [1.807, 2.05) is 31.3 Å². The van der Waals surface area contributed by atoms with Crippen LogP contribution in [0.25, 0.3) is 5.52 Å². The number of aromatic amines is 1. The van der Waals surface area contributed by atoms with Crippen molar-refractivity contribution in [2.24, 2.45) is 0 Å². The van der Waals surface area contributed by atoms with Crippen molar-refractivity contribution in [1.29, 1.82) is 0 Å². The molecule has 0 amide bonds. The maximum Gasteiger partial charge on any atom is 0.335 e. The summed E-state index contributed by atoms with van der Waals surface area (Å²) in [5.74, 6) is 0.797. The molecule has 3 aromatic heterocycles. The average molecular weight is 363 g/mol. The van der Waals surface area contributed by atoms with Gasteiger partial charge < -0.3 is 15.7 Å². The minimum absolute atomic E-state index is 0.254. The lowest BCUT2D eigenvalue weighted by molar-refractivity contribution is 0.0697. The van der Waals surface area contributed by atoms with E-state index in [2.05, 4.69) is 30.9 Å². The minimum atomic E-state index is -0.944. The number of H-pyrrole nitrogens is 1. The molecule has 0 atom stereocenters. The number of hydrogen-bond donors (Lipinski definition) is 4. The van der Waals surface area contributed by atoms with Crippen LogP contribution < -0.4 is 10.6 Å². The lowest BCUT2D eigenvalue weighted by Gasteiger charge is -2.10. The van der Waals surface area contributed by atoms with Crippen molar-refractivity contribution in [2.45, 2.75) is 13.5 Å². The third-order valence-electron chi connectivity index (χ3n) is 3.99. The fourth-order valence-electron chi connectivity index (χ4n) is 2.65. The van der Waals surface area contributed by atoms with Crippen molar-refractivity contribution in [3.8, 4) is 0 Å². The predicted molar refractivity (Wildman–Crippen MR) is 100 cm³/mol. The van der Waals surface area contributed by atoms with Crippen LogP contribution in [-0.2, 0) is 6.54 Å². The molecule has 0 aliphatic rings. The summed E-state index contributed by atoms with van der Waals surface area (Å²) < 4.78 is 1.73. The fourth-order valence-corrected chi connectivity index (χ4v) is 2.65. The first-order chi connectivity index (χ1) is 13.1. The molecule has 0 spiro atoms. The van der Waals surface area contributed by atoms with E-state index in [4.69, 9.17) is 5.11 Å². The molecule has 9 heteroatoms. The van der Waals surface area contributed by atoms with Gasteiger partial charge in [0.25, 0.3) is 0 Å². The van der Waals surface area contributed by atoms with Gasteiger partial charge in [0.1, 0.15) is 5.52 Å². The van der Waals surface area contributed by atoms with E-state index in [-0.39, 0.29) is 5.56 Å². The monoisotopic (exact) mass is 363 g/mol. The number of nitrogens with one attached hydrogen (secondary N) is 3. The molecule has 0 fully saturated rings. The Morgan fingerprint density at radius 2 is 2.07 bits per heavy atom. The molecule has 1 aromatic carbocycles. The van der Waals surface area contributed by atoms with Crippen molar-refractivity contribution < 1.29 is 9.90 Å². The summed E-state index contributed by atoms with van der Waals surface area (Å²) >= 11 is 0. The van der Waals surface area contributed by atoms with Crippen LogP contribution in [0.4, 0.5) is 17.6 Å². The van der Waals surface area contributed by atoms with Gasteiger partial charge in [-0.1, -0.05) is 12.1 Å². The van der Waals surface area contributed by atoms with Crippen LogP contribution >= 0.6 is 0 Å². The topological polar surface area (TPSA) is 120 Å². The van der Waals surface area contributed by atoms with Gasteiger partial charge in [-0.3, -0.25) is 5.10 Å². The Bertz CT molecular complexity index is 1100. The largest absolute Gasteiger partial charge is 0.478 e. The van der Waals surface area contributed by atoms with E-state index in [0.29, 0.717) is 24.1 Å². The van der Waals surface area contributed by atoms with Gasteiger partial charge in [-0.15, -0.1) is 5.10 Å². The second-order valence-electron chi connectivity index (χ2n) is 6.04. The van der Waals surface area contributed by atoms with Gasteiger partial charge in [0, 0.05) is 24.5 Å². The highest BCUT2D eigenvalue weighted by atomic mass is 16.4. The molecule has 0 radical (unpaired) electrons. The van der Waals surface area contributed by atoms with Gasteiger partial charge in [0.2, 0.25) is 5.95 Å². The summed E-state index contributed by atoms with van der Waals surface area (Å²) in [4.78, 5) is 15.5. The number of benzene rings is 1. The van der Waals surface area contributed by atoms with Crippen molar-refractivity contribution in [1.82, 2.24) is 24.8 Å². The molecular weight excluding hydrogens is 346 g/mol. The molecule has 0 bridgehead atoms. The van der Waals surface area contributed by atoms with Crippen LogP contribution in [0.3, 0.4) is 0 Å². The van der Waals surface area contributed by atoms with Crippen LogP contribution in [0.15, 0.2) is 48.7 Å². The minimum Gasteiger partial charge on any atom is -0.478 e. The standard InChI is InChI=1S/C18H17N7O2/c1-11-9-15(23-22-11)20-16-14-3-2-8-25(14)24-18(21-16)19-10-12-4-6-13(7-5-12)17(26)27/h2-9H,10H2,1H3,(H,26,27)(H3,19,20,21,22,23,24). The third-order valence-corrected chi connectivity index (χ3v) is 3.99. The first-order valence-electron chi connectivity index (χ1n) is 8.29. The second kappa shape index (κ2) is 6.79. The van der Waals surface area contributed by atoms with Crippen LogP contribution in [-0.4, -0.2) is 35.9 Å². The quantitative estimate of drug-likeness (QED) is 0.416. The Kier molecular flexibility index (Phi) is 4.17. The number of aromatic carboxylic acids is 1. The Balaban J connectivity index is 1.55. The first kappa shape index (κ1) is 16.6. The number of fused-ring (bicyclic) bond motifs is 1. The molecule has 0 aliphatic heterocycles. The van der Waals surface area contributed by atoms with Gasteiger partial charge in [-0.2, -0.15) is 10.1 Å². The number of aromatic nitrogens is 5. The van der Waals surface area contributed by atoms with Gasteiger partial charge in [0.05, 0.1) is 5.56 Å². The van der Waals surface area contributed by atoms with E-state index < -0.39 is 5.97 Å². The molecule has 0 aliphatic carbocycles. The molecule has 4 aromatic rings. The highest BCUT2D eigenvalue weighted by Gasteiger charge is 2.10. The van der Waals surface area contributed by atoms with Crippen LogP contribution in [0.1, 0.15) is 21.6 Å². The van der Waals surface area contributed by atoms with Gasteiger partial charge >= 0.3 is 5.97 Å². The van der Waals surface area contributed by atoms with Gasteiger partial charge in [-0.05, 0) is 36.8 Å². The van der Waals surface area contributed by atoms with E-state index >= 15 is 0 Å². The number of carboxylic acids is 1.